The van der Waals surface area contributed by atoms with Gasteiger partial charge in [0.2, 0.25) is 0 Å². The Bertz CT molecular complexity index is 582. The maximum absolute atomic E-state index is 15.6. The number of carbonyl (C=O) groups excluding carboxylic acids is 1. The molecule has 4 aliphatic carbocycles. The van der Waals surface area contributed by atoms with E-state index in [4.69, 9.17) is 0 Å². The minimum Gasteiger partial charge on any atom is -0.297 e. The third-order valence-electron chi connectivity index (χ3n) is 7.79. The number of ketones is 1. The molecule has 126 valence electrons. The quantitative estimate of drug-likeness (QED) is 0.653. The molecule has 0 bridgehead atoms. The van der Waals surface area contributed by atoms with Gasteiger partial charge in [-0.15, -0.1) is 0 Å². The van der Waals surface area contributed by atoms with Crippen molar-refractivity contribution >= 4 is 12.0 Å². The molecule has 23 heavy (non-hydrogen) atoms. The largest absolute Gasteiger partial charge is 0.297 e. The molecule has 3 unspecified atom stereocenters. The Kier molecular flexibility index (Phi) is 3.55. The van der Waals surface area contributed by atoms with Crippen LogP contribution in [0.5, 0.6) is 0 Å². The minimum atomic E-state index is -1.21. The highest BCUT2D eigenvalue weighted by molar-refractivity contribution is 5.91. The van der Waals surface area contributed by atoms with E-state index in [2.05, 4.69) is 11.9 Å². The predicted molar refractivity (Wildman–Crippen MR) is 90.3 cm³/mol. The summed E-state index contributed by atoms with van der Waals surface area (Å²) in [6.07, 6.45) is 11.2. The molecule has 3 saturated carbocycles. The summed E-state index contributed by atoms with van der Waals surface area (Å²) in [5.41, 5.74) is -0.0409. The molecular formula is C20H28FNO. The molecule has 6 atom stereocenters. The molecule has 0 aromatic carbocycles. The van der Waals surface area contributed by atoms with Crippen molar-refractivity contribution in [2.75, 3.05) is 7.05 Å². The zero-order valence-electron chi connectivity index (χ0n) is 14.4. The molecule has 0 aromatic rings. The van der Waals surface area contributed by atoms with E-state index < -0.39 is 5.67 Å². The van der Waals surface area contributed by atoms with Gasteiger partial charge in [-0.25, -0.2) is 4.39 Å². The fourth-order valence-electron chi connectivity index (χ4n) is 6.62. The summed E-state index contributed by atoms with van der Waals surface area (Å²) in [5.74, 6) is 2.74. The van der Waals surface area contributed by atoms with Gasteiger partial charge in [-0.3, -0.25) is 9.79 Å². The van der Waals surface area contributed by atoms with E-state index in [1.54, 1.807) is 13.3 Å². The van der Waals surface area contributed by atoms with Crippen LogP contribution in [0, 0.1) is 29.1 Å². The van der Waals surface area contributed by atoms with E-state index in [-0.39, 0.29) is 5.41 Å². The van der Waals surface area contributed by atoms with Gasteiger partial charge in [-0.05, 0) is 74.7 Å². The number of carbonyl (C=O) groups is 1. The van der Waals surface area contributed by atoms with Crippen LogP contribution in [-0.2, 0) is 4.79 Å². The number of nitrogens with zero attached hydrogens (tertiary/aromatic N) is 1. The summed E-state index contributed by atoms with van der Waals surface area (Å²) in [6, 6.07) is 0. The molecule has 0 heterocycles. The monoisotopic (exact) mass is 317 g/mol. The first-order valence-corrected chi connectivity index (χ1v) is 9.34. The highest BCUT2D eigenvalue weighted by atomic mass is 19.1. The SMILES string of the molecule is CN=C[C@@]1(F)CCC2C3CCC4=CC(=O)CC[C@@H]4C3CC[C@@]21C. The zero-order valence-corrected chi connectivity index (χ0v) is 14.4. The summed E-state index contributed by atoms with van der Waals surface area (Å²) in [5, 5.41) is 0. The molecule has 4 aliphatic rings. The normalized spacial score (nSPS) is 49.5. The average Bonchev–Trinajstić information content (AvgIpc) is 2.79. The molecule has 4 rings (SSSR count). The van der Waals surface area contributed by atoms with Crippen LogP contribution in [0.1, 0.15) is 58.3 Å². The smallest absolute Gasteiger partial charge is 0.155 e. The van der Waals surface area contributed by atoms with Gasteiger partial charge in [0.25, 0.3) is 0 Å². The van der Waals surface area contributed by atoms with Crippen LogP contribution in [-0.4, -0.2) is 24.7 Å². The molecule has 2 nitrogen and oxygen atoms in total. The lowest BCUT2D eigenvalue weighted by Crippen LogP contribution is -2.51. The van der Waals surface area contributed by atoms with E-state index in [0.717, 1.165) is 44.9 Å². The fourth-order valence-corrected chi connectivity index (χ4v) is 6.62. The summed E-state index contributed by atoms with van der Waals surface area (Å²) in [6.45, 7) is 2.18. The molecule has 0 amide bonds. The van der Waals surface area contributed by atoms with Crippen LogP contribution < -0.4 is 0 Å². The van der Waals surface area contributed by atoms with Crippen molar-refractivity contribution in [3.8, 4) is 0 Å². The van der Waals surface area contributed by atoms with Crippen molar-refractivity contribution in [1.82, 2.24) is 0 Å². The number of alkyl halides is 1. The molecule has 0 aromatic heterocycles. The molecule has 0 N–H and O–H groups in total. The van der Waals surface area contributed by atoms with E-state index in [9.17, 15) is 4.79 Å². The van der Waals surface area contributed by atoms with Crippen LogP contribution >= 0.6 is 0 Å². The average molecular weight is 317 g/mol. The van der Waals surface area contributed by atoms with Crippen molar-refractivity contribution in [2.24, 2.45) is 34.1 Å². The van der Waals surface area contributed by atoms with Crippen molar-refractivity contribution in [2.45, 2.75) is 64.0 Å². The first-order chi connectivity index (χ1) is 11.0. The number of hydrogen-bond donors (Lipinski definition) is 0. The Morgan fingerprint density at radius 2 is 2.00 bits per heavy atom. The zero-order chi connectivity index (χ0) is 16.2. The van der Waals surface area contributed by atoms with Crippen LogP contribution in [0.3, 0.4) is 0 Å². The molecule has 3 heteroatoms. The van der Waals surface area contributed by atoms with Gasteiger partial charge in [0.15, 0.2) is 11.5 Å². The molecule has 0 aliphatic heterocycles. The lowest BCUT2D eigenvalue weighted by Gasteiger charge is -2.54. The standard InChI is InChI=1S/C20H28FNO/c1-19-9-7-16-15-6-4-14(23)11-13(15)3-5-17(16)18(19)8-10-20(19,21)12-22-2/h11-12,15-18H,3-10H2,1-2H3/t15-,16?,17?,18?,19-,20-/m0/s1. The second kappa shape index (κ2) is 5.26. The number of aliphatic imine (C=N–C) groups is 1. The summed E-state index contributed by atoms with van der Waals surface area (Å²) in [4.78, 5) is 15.8. The third kappa shape index (κ3) is 2.11. The number of hydrogen-bond acceptors (Lipinski definition) is 2. The fraction of sp³-hybridized carbons (Fsp3) is 0.800. The van der Waals surface area contributed by atoms with Crippen molar-refractivity contribution in [3.63, 3.8) is 0 Å². The van der Waals surface area contributed by atoms with Crippen LogP contribution in [0.2, 0.25) is 0 Å². The van der Waals surface area contributed by atoms with Crippen molar-refractivity contribution < 1.29 is 9.18 Å². The predicted octanol–water partition coefficient (Wildman–Crippen LogP) is 4.54. The van der Waals surface area contributed by atoms with Gasteiger partial charge in [-0.1, -0.05) is 12.5 Å². The van der Waals surface area contributed by atoms with E-state index in [1.807, 2.05) is 6.08 Å². The maximum Gasteiger partial charge on any atom is 0.155 e. The number of rotatable bonds is 1. The Morgan fingerprint density at radius 1 is 1.17 bits per heavy atom. The number of allylic oxidation sites excluding steroid dienone is 1. The van der Waals surface area contributed by atoms with Crippen LogP contribution in [0.4, 0.5) is 4.39 Å². The lowest BCUT2D eigenvalue weighted by molar-refractivity contribution is -0.116. The van der Waals surface area contributed by atoms with E-state index in [0.29, 0.717) is 35.9 Å². The van der Waals surface area contributed by atoms with Gasteiger partial charge in [0.05, 0.1) is 0 Å². The second-order valence-electron chi connectivity index (χ2n) is 8.55. The third-order valence-corrected chi connectivity index (χ3v) is 7.79. The second-order valence-corrected chi connectivity index (χ2v) is 8.55. The molecule has 0 saturated heterocycles. The van der Waals surface area contributed by atoms with Crippen LogP contribution in [0.25, 0.3) is 0 Å². The molecule has 0 spiro atoms. The summed E-state index contributed by atoms with van der Waals surface area (Å²) >= 11 is 0. The van der Waals surface area contributed by atoms with Gasteiger partial charge in [0, 0.05) is 25.1 Å². The number of halogens is 1. The topological polar surface area (TPSA) is 29.4 Å². The van der Waals surface area contributed by atoms with Crippen molar-refractivity contribution in [3.05, 3.63) is 11.6 Å². The van der Waals surface area contributed by atoms with Gasteiger partial charge in [-0.2, -0.15) is 0 Å². The summed E-state index contributed by atoms with van der Waals surface area (Å²) in [7, 11) is 1.69. The van der Waals surface area contributed by atoms with E-state index in [1.165, 1.54) is 5.57 Å². The van der Waals surface area contributed by atoms with Crippen molar-refractivity contribution in [1.29, 1.82) is 0 Å². The van der Waals surface area contributed by atoms with Gasteiger partial charge >= 0.3 is 0 Å². The number of fused-ring (bicyclic) bond motifs is 5. The maximum atomic E-state index is 15.6. The summed E-state index contributed by atoms with van der Waals surface area (Å²) < 4.78 is 15.6. The minimum absolute atomic E-state index is 0.237. The van der Waals surface area contributed by atoms with E-state index >= 15 is 4.39 Å². The first-order valence-electron chi connectivity index (χ1n) is 9.34. The highest BCUT2D eigenvalue weighted by Gasteiger charge is 2.62. The Morgan fingerprint density at radius 3 is 2.78 bits per heavy atom. The first kappa shape index (κ1) is 15.5. The van der Waals surface area contributed by atoms with Gasteiger partial charge < -0.3 is 0 Å². The molecular weight excluding hydrogens is 289 g/mol. The molecule has 3 fully saturated rings. The highest BCUT2D eigenvalue weighted by Crippen LogP contribution is 2.65. The Hall–Kier alpha value is -0.990. The molecule has 0 radical (unpaired) electrons. The Labute approximate surface area is 138 Å². The van der Waals surface area contributed by atoms with Gasteiger partial charge in [0.1, 0.15) is 0 Å². The van der Waals surface area contributed by atoms with Crippen LogP contribution in [0.15, 0.2) is 16.6 Å². The lowest BCUT2D eigenvalue weighted by atomic mass is 9.51. The Balaban J connectivity index is 1.64.